The Morgan fingerprint density at radius 1 is 0.950 bits per heavy atom. The van der Waals surface area contributed by atoms with E-state index in [1.807, 2.05) is 0 Å². The van der Waals surface area contributed by atoms with Crippen molar-refractivity contribution in [2.45, 2.75) is 12.5 Å². The summed E-state index contributed by atoms with van der Waals surface area (Å²) in [5.74, 6) is -3.08. The van der Waals surface area contributed by atoms with Gasteiger partial charge in [0, 0.05) is 17.7 Å². The SMILES string of the molecule is NC(Cc1ccc(F)cc1F)c1cc(F)c(Cl)cc1F. The molecule has 20 heavy (non-hydrogen) atoms. The summed E-state index contributed by atoms with van der Waals surface area (Å²) in [6, 6.07) is 3.72. The third kappa shape index (κ3) is 3.11. The Balaban J connectivity index is 2.28. The molecule has 6 heteroatoms. The zero-order valence-corrected chi connectivity index (χ0v) is 10.9. The minimum Gasteiger partial charge on any atom is -0.324 e. The first kappa shape index (κ1) is 14.8. The summed E-state index contributed by atoms with van der Waals surface area (Å²) in [4.78, 5) is 0. The van der Waals surface area contributed by atoms with Gasteiger partial charge in [0.15, 0.2) is 0 Å². The summed E-state index contributed by atoms with van der Waals surface area (Å²) in [5, 5.41) is -0.355. The van der Waals surface area contributed by atoms with Crippen LogP contribution in [0.2, 0.25) is 5.02 Å². The number of benzene rings is 2. The summed E-state index contributed by atoms with van der Waals surface area (Å²) < 4.78 is 53.2. The van der Waals surface area contributed by atoms with Crippen LogP contribution in [0.15, 0.2) is 30.3 Å². The lowest BCUT2D eigenvalue weighted by molar-refractivity contribution is 0.543. The molecule has 0 aromatic heterocycles. The average molecular weight is 304 g/mol. The van der Waals surface area contributed by atoms with Crippen molar-refractivity contribution in [2.24, 2.45) is 5.73 Å². The van der Waals surface area contributed by atoms with Crippen molar-refractivity contribution in [1.82, 2.24) is 0 Å². The minimum atomic E-state index is -0.971. The number of rotatable bonds is 3. The van der Waals surface area contributed by atoms with Crippen LogP contribution in [0.4, 0.5) is 17.6 Å². The third-order valence-corrected chi connectivity index (χ3v) is 3.18. The zero-order chi connectivity index (χ0) is 14.9. The van der Waals surface area contributed by atoms with Crippen LogP contribution in [0.25, 0.3) is 0 Å². The molecule has 0 aliphatic heterocycles. The topological polar surface area (TPSA) is 26.0 Å². The van der Waals surface area contributed by atoms with E-state index < -0.39 is 29.3 Å². The van der Waals surface area contributed by atoms with E-state index in [9.17, 15) is 17.6 Å². The number of hydrogen-bond donors (Lipinski definition) is 1. The molecule has 2 aromatic rings. The Bertz CT molecular complexity index is 645. The molecule has 0 bridgehead atoms. The first-order chi connectivity index (χ1) is 9.38. The number of halogens is 5. The molecule has 0 radical (unpaired) electrons. The molecule has 0 fully saturated rings. The van der Waals surface area contributed by atoms with Crippen molar-refractivity contribution in [3.8, 4) is 0 Å². The van der Waals surface area contributed by atoms with Crippen molar-refractivity contribution >= 4 is 11.6 Å². The van der Waals surface area contributed by atoms with Crippen LogP contribution in [0, 0.1) is 23.3 Å². The van der Waals surface area contributed by atoms with E-state index in [0.29, 0.717) is 6.07 Å². The van der Waals surface area contributed by atoms with Gasteiger partial charge in [-0.25, -0.2) is 17.6 Å². The highest BCUT2D eigenvalue weighted by molar-refractivity contribution is 6.30. The van der Waals surface area contributed by atoms with Gasteiger partial charge in [0.2, 0.25) is 0 Å². The lowest BCUT2D eigenvalue weighted by atomic mass is 9.98. The summed E-state index contributed by atoms with van der Waals surface area (Å²) in [7, 11) is 0. The fourth-order valence-electron chi connectivity index (χ4n) is 1.86. The number of hydrogen-bond acceptors (Lipinski definition) is 1. The molecule has 2 rings (SSSR count). The van der Waals surface area contributed by atoms with Crippen LogP contribution in [0.3, 0.4) is 0 Å². The highest BCUT2D eigenvalue weighted by Gasteiger charge is 2.17. The second-order valence-electron chi connectivity index (χ2n) is 4.33. The molecule has 0 heterocycles. The third-order valence-electron chi connectivity index (χ3n) is 2.89. The molecule has 2 N–H and O–H groups in total. The fraction of sp³-hybridized carbons (Fsp3) is 0.143. The molecule has 0 aliphatic carbocycles. The quantitative estimate of drug-likeness (QED) is 0.669. The Kier molecular flexibility index (Phi) is 4.30. The molecule has 0 amide bonds. The van der Waals surface area contributed by atoms with E-state index in [-0.39, 0.29) is 22.6 Å². The van der Waals surface area contributed by atoms with Gasteiger partial charge in [-0.3, -0.25) is 0 Å². The molecule has 1 atom stereocenters. The second-order valence-corrected chi connectivity index (χ2v) is 4.74. The minimum absolute atomic E-state index is 0.0931. The van der Waals surface area contributed by atoms with Crippen LogP contribution >= 0.6 is 11.6 Å². The molecule has 0 saturated carbocycles. The van der Waals surface area contributed by atoms with E-state index in [1.54, 1.807) is 0 Å². The lowest BCUT2D eigenvalue weighted by Gasteiger charge is -2.14. The summed E-state index contributed by atoms with van der Waals surface area (Å²) in [6.45, 7) is 0. The smallest absolute Gasteiger partial charge is 0.142 e. The predicted molar refractivity (Wildman–Crippen MR) is 68.4 cm³/mol. The van der Waals surface area contributed by atoms with Gasteiger partial charge in [0.1, 0.15) is 23.3 Å². The van der Waals surface area contributed by atoms with Crippen LogP contribution in [0.5, 0.6) is 0 Å². The van der Waals surface area contributed by atoms with Crippen molar-refractivity contribution in [3.05, 3.63) is 69.8 Å². The Morgan fingerprint density at radius 3 is 2.30 bits per heavy atom. The van der Waals surface area contributed by atoms with Crippen molar-refractivity contribution in [3.63, 3.8) is 0 Å². The molecule has 1 nitrogen and oxygen atoms in total. The Labute approximate surface area is 118 Å². The predicted octanol–water partition coefficient (Wildman–Crippen LogP) is 4.14. The van der Waals surface area contributed by atoms with Crippen molar-refractivity contribution < 1.29 is 17.6 Å². The Hall–Kier alpha value is -1.59. The summed E-state index contributed by atoms with van der Waals surface area (Å²) in [6.07, 6.45) is -0.0931. The second kappa shape index (κ2) is 5.81. The van der Waals surface area contributed by atoms with E-state index in [4.69, 9.17) is 17.3 Å². The lowest BCUT2D eigenvalue weighted by Crippen LogP contribution is -2.16. The molecule has 0 saturated heterocycles. The zero-order valence-electron chi connectivity index (χ0n) is 10.1. The van der Waals surface area contributed by atoms with Gasteiger partial charge in [-0.05, 0) is 30.2 Å². The first-order valence-electron chi connectivity index (χ1n) is 5.72. The average Bonchev–Trinajstić information content (AvgIpc) is 2.37. The normalized spacial score (nSPS) is 12.5. The van der Waals surface area contributed by atoms with Crippen molar-refractivity contribution in [1.29, 1.82) is 0 Å². The first-order valence-corrected chi connectivity index (χ1v) is 6.10. The highest BCUT2D eigenvalue weighted by atomic mass is 35.5. The number of nitrogens with two attached hydrogens (primary N) is 1. The maximum Gasteiger partial charge on any atom is 0.142 e. The van der Waals surface area contributed by atoms with Gasteiger partial charge in [-0.1, -0.05) is 17.7 Å². The fourth-order valence-corrected chi connectivity index (χ4v) is 2.01. The monoisotopic (exact) mass is 303 g/mol. The highest BCUT2D eigenvalue weighted by Crippen LogP contribution is 2.25. The van der Waals surface area contributed by atoms with Crippen LogP contribution in [-0.4, -0.2) is 0 Å². The van der Waals surface area contributed by atoms with Crippen molar-refractivity contribution in [2.75, 3.05) is 0 Å². The summed E-state index contributed by atoms with van der Waals surface area (Å²) in [5.41, 5.74) is 5.75. The molecule has 2 aromatic carbocycles. The molecule has 106 valence electrons. The summed E-state index contributed by atoms with van der Waals surface area (Å²) >= 11 is 5.44. The van der Waals surface area contributed by atoms with Gasteiger partial charge in [0.25, 0.3) is 0 Å². The van der Waals surface area contributed by atoms with Gasteiger partial charge < -0.3 is 5.73 Å². The van der Waals surface area contributed by atoms with Crippen LogP contribution in [-0.2, 0) is 6.42 Å². The standard InChI is InChI=1S/C14H10ClF4N/c15-10-6-12(18)9(5-13(10)19)14(20)3-7-1-2-8(16)4-11(7)17/h1-2,4-6,14H,3,20H2. The molecule has 1 unspecified atom stereocenters. The van der Waals surface area contributed by atoms with Gasteiger partial charge in [-0.2, -0.15) is 0 Å². The van der Waals surface area contributed by atoms with Gasteiger partial charge in [-0.15, -0.1) is 0 Å². The maximum atomic E-state index is 13.7. The van der Waals surface area contributed by atoms with E-state index >= 15 is 0 Å². The Morgan fingerprint density at radius 2 is 1.65 bits per heavy atom. The van der Waals surface area contributed by atoms with E-state index in [1.165, 1.54) is 6.07 Å². The largest absolute Gasteiger partial charge is 0.324 e. The maximum absolute atomic E-state index is 13.7. The molecular weight excluding hydrogens is 294 g/mol. The van der Waals surface area contributed by atoms with E-state index in [0.717, 1.165) is 18.2 Å². The van der Waals surface area contributed by atoms with Gasteiger partial charge >= 0.3 is 0 Å². The molecular formula is C14H10ClF4N. The molecule has 0 spiro atoms. The van der Waals surface area contributed by atoms with Gasteiger partial charge in [0.05, 0.1) is 5.02 Å². The van der Waals surface area contributed by atoms with E-state index in [2.05, 4.69) is 0 Å². The van der Waals surface area contributed by atoms with Crippen LogP contribution < -0.4 is 5.73 Å². The molecule has 0 aliphatic rings. The van der Waals surface area contributed by atoms with Crippen LogP contribution in [0.1, 0.15) is 17.2 Å².